The van der Waals surface area contributed by atoms with E-state index in [0.29, 0.717) is 16.8 Å². The first-order valence-electron chi connectivity index (χ1n) is 6.14. The fourth-order valence-electron chi connectivity index (χ4n) is 2.17. The van der Waals surface area contributed by atoms with E-state index in [1.807, 2.05) is 10.8 Å². The molecule has 0 atom stereocenters. The topological polar surface area (TPSA) is 89.8 Å². The number of nitrogen functional groups attached to an aromatic ring is 1. The van der Waals surface area contributed by atoms with Crippen LogP contribution in [-0.4, -0.2) is 14.5 Å². The first kappa shape index (κ1) is 11.6. The maximum absolute atomic E-state index is 11.2. The highest BCUT2D eigenvalue weighted by atomic mass is 16.4. The molecule has 2 aromatic heterocycles. The molecule has 0 saturated heterocycles. The number of nitrogens with zero attached hydrogens (tertiary/aromatic N) is 2. The Labute approximate surface area is 108 Å². The van der Waals surface area contributed by atoms with Crippen molar-refractivity contribution in [3.8, 4) is 5.69 Å². The Morgan fingerprint density at radius 1 is 1.47 bits per heavy atom. The molecule has 6 heteroatoms. The minimum absolute atomic E-state index is 0.461. The molecule has 2 heterocycles. The Kier molecular flexibility index (Phi) is 2.63. The number of nitrogens with one attached hydrogen (secondary N) is 1. The zero-order valence-corrected chi connectivity index (χ0v) is 10.5. The number of benzene rings is 1. The molecule has 98 valence electrons. The summed E-state index contributed by atoms with van der Waals surface area (Å²) in [6.07, 6.45) is 5.47. The number of imidazole rings is 1. The van der Waals surface area contributed by atoms with Gasteiger partial charge in [-0.3, -0.25) is 4.98 Å². The number of aryl methyl sites for hydroxylation is 1. The van der Waals surface area contributed by atoms with E-state index in [1.165, 1.54) is 0 Å². The first-order valence-corrected chi connectivity index (χ1v) is 6.14. The van der Waals surface area contributed by atoms with Crippen LogP contribution in [0, 0.1) is 0 Å². The second kappa shape index (κ2) is 4.31. The van der Waals surface area contributed by atoms with Crippen molar-refractivity contribution in [1.29, 1.82) is 0 Å². The highest BCUT2D eigenvalue weighted by Gasteiger charge is 2.11. The fraction of sp³-hybridized carbons (Fsp3) is 0.231. The molecule has 0 aliphatic rings. The van der Waals surface area contributed by atoms with Crippen LogP contribution in [0.25, 0.3) is 16.8 Å². The molecule has 19 heavy (non-hydrogen) atoms. The molecular weight excluding hydrogens is 244 g/mol. The summed E-state index contributed by atoms with van der Waals surface area (Å²) in [4.78, 5) is 18.1. The number of hydrogen-bond donors (Lipinski definition) is 2. The summed E-state index contributed by atoms with van der Waals surface area (Å²) < 4.78 is 6.92. The number of aromatic nitrogens is 3. The van der Waals surface area contributed by atoms with Gasteiger partial charge in [0.25, 0.3) is 0 Å². The number of rotatable bonds is 3. The number of anilines is 1. The van der Waals surface area contributed by atoms with E-state index in [1.54, 1.807) is 18.3 Å². The molecule has 3 aromatic rings. The van der Waals surface area contributed by atoms with Crippen molar-refractivity contribution in [2.75, 3.05) is 5.73 Å². The van der Waals surface area contributed by atoms with Crippen LogP contribution in [0.5, 0.6) is 0 Å². The Morgan fingerprint density at radius 2 is 2.32 bits per heavy atom. The maximum Gasteiger partial charge on any atom is 0.417 e. The summed E-state index contributed by atoms with van der Waals surface area (Å²) in [5, 5.41) is 0. The van der Waals surface area contributed by atoms with Gasteiger partial charge in [0.1, 0.15) is 5.82 Å². The number of oxazole rings is 1. The monoisotopic (exact) mass is 258 g/mol. The normalized spacial score (nSPS) is 11.2. The highest BCUT2D eigenvalue weighted by Crippen LogP contribution is 2.24. The van der Waals surface area contributed by atoms with Crippen LogP contribution < -0.4 is 11.5 Å². The Bertz CT molecular complexity index is 781. The van der Waals surface area contributed by atoms with Crippen molar-refractivity contribution in [3.63, 3.8) is 0 Å². The van der Waals surface area contributed by atoms with E-state index >= 15 is 0 Å². The number of hydrogen-bond acceptors (Lipinski definition) is 4. The van der Waals surface area contributed by atoms with Gasteiger partial charge in [-0.2, -0.15) is 0 Å². The van der Waals surface area contributed by atoms with Gasteiger partial charge in [-0.15, -0.1) is 0 Å². The lowest BCUT2D eigenvalue weighted by Gasteiger charge is -2.09. The number of nitrogens with two attached hydrogens (primary N) is 1. The zero-order chi connectivity index (χ0) is 13.4. The summed E-state index contributed by atoms with van der Waals surface area (Å²) in [6.45, 7) is 2.10. The van der Waals surface area contributed by atoms with Gasteiger partial charge in [-0.05, 0) is 12.5 Å². The van der Waals surface area contributed by atoms with Gasteiger partial charge in [0.2, 0.25) is 0 Å². The number of H-pyrrole nitrogens is 1. The van der Waals surface area contributed by atoms with Crippen molar-refractivity contribution in [3.05, 3.63) is 40.9 Å². The van der Waals surface area contributed by atoms with Gasteiger partial charge >= 0.3 is 5.76 Å². The summed E-state index contributed by atoms with van der Waals surface area (Å²) in [6, 6.07) is 3.45. The maximum atomic E-state index is 11.2. The van der Waals surface area contributed by atoms with Gasteiger partial charge < -0.3 is 14.7 Å². The van der Waals surface area contributed by atoms with Crippen LogP contribution >= 0.6 is 0 Å². The molecule has 0 saturated carbocycles. The molecule has 6 nitrogen and oxygen atoms in total. The molecule has 3 N–H and O–H groups in total. The molecule has 1 aromatic carbocycles. The van der Waals surface area contributed by atoms with Crippen molar-refractivity contribution in [2.45, 2.75) is 19.8 Å². The van der Waals surface area contributed by atoms with Crippen LogP contribution in [-0.2, 0) is 6.42 Å². The second-order valence-electron chi connectivity index (χ2n) is 4.39. The lowest BCUT2D eigenvalue weighted by Crippen LogP contribution is -2.03. The van der Waals surface area contributed by atoms with Crippen LogP contribution in [0.3, 0.4) is 0 Å². The average molecular weight is 258 g/mol. The van der Waals surface area contributed by atoms with Gasteiger partial charge in [0.15, 0.2) is 5.58 Å². The highest BCUT2D eigenvalue weighted by molar-refractivity contribution is 5.81. The number of fused-ring (bicyclic) bond motifs is 1. The number of aromatic amines is 1. The van der Waals surface area contributed by atoms with Gasteiger partial charge in [0, 0.05) is 24.9 Å². The first-order chi connectivity index (χ1) is 9.19. The van der Waals surface area contributed by atoms with Crippen LogP contribution in [0.4, 0.5) is 5.69 Å². The largest absolute Gasteiger partial charge is 0.417 e. The molecule has 0 aliphatic carbocycles. The lowest BCUT2D eigenvalue weighted by molar-refractivity contribution is 0.555. The average Bonchev–Trinajstić information content (AvgIpc) is 2.94. The van der Waals surface area contributed by atoms with Crippen LogP contribution in [0.15, 0.2) is 33.7 Å². The van der Waals surface area contributed by atoms with Gasteiger partial charge in [0.05, 0.1) is 16.9 Å². The van der Waals surface area contributed by atoms with E-state index < -0.39 is 5.76 Å². The molecule has 0 unspecified atom stereocenters. The second-order valence-corrected chi connectivity index (χ2v) is 4.39. The third-order valence-corrected chi connectivity index (χ3v) is 3.02. The minimum Gasteiger partial charge on any atom is -0.408 e. The Balaban J connectivity index is 2.20. The summed E-state index contributed by atoms with van der Waals surface area (Å²) in [5.41, 5.74) is 8.46. The van der Waals surface area contributed by atoms with Crippen LogP contribution in [0.2, 0.25) is 0 Å². The molecule has 0 spiro atoms. The standard InChI is InChI=1S/C13H14N4O2/c1-2-3-12-15-4-5-17(12)10-7-9-11(6-8(10)14)19-13(18)16-9/h4-7H,2-3,14H2,1H3,(H,16,18). The molecule has 0 aliphatic heterocycles. The van der Waals surface area contributed by atoms with Crippen LogP contribution in [0.1, 0.15) is 19.2 Å². The van der Waals surface area contributed by atoms with Crippen molar-refractivity contribution >= 4 is 16.8 Å². The predicted octanol–water partition coefficient (Wildman–Crippen LogP) is 1.84. The molecule has 0 amide bonds. The predicted molar refractivity (Wildman–Crippen MR) is 72.4 cm³/mol. The molecular formula is C13H14N4O2. The lowest BCUT2D eigenvalue weighted by atomic mass is 10.2. The SMILES string of the molecule is CCCc1nccn1-c1cc2[nH]c(=O)oc2cc1N. The Hall–Kier alpha value is -2.50. The summed E-state index contributed by atoms with van der Waals surface area (Å²) in [7, 11) is 0. The third-order valence-electron chi connectivity index (χ3n) is 3.02. The molecule has 0 radical (unpaired) electrons. The van der Waals surface area contributed by atoms with Crippen molar-refractivity contribution < 1.29 is 4.42 Å². The quantitative estimate of drug-likeness (QED) is 0.701. The Morgan fingerprint density at radius 3 is 3.11 bits per heavy atom. The van der Waals surface area contributed by atoms with Crippen molar-refractivity contribution in [1.82, 2.24) is 14.5 Å². The minimum atomic E-state index is -0.481. The van der Waals surface area contributed by atoms with Crippen molar-refractivity contribution in [2.24, 2.45) is 0 Å². The van der Waals surface area contributed by atoms with E-state index in [-0.39, 0.29) is 0 Å². The molecule has 0 fully saturated rings. The van der Waals surface area contributed by atoms with E-state index in [0.717, 1.165) is 24.4 Å². The fourth-order valence-corrected chi connectivity index (χ4v) is 2.17. The third kappa shape index (κ3) is 1.91. The van der Waals surface area contributed by atoms with Gasteiger partial charge in [-0.25, -0.2) is 9.78 Å². The molecule has 0 bridgehead atoms. The van der Waals surface area contributed by atoms with Gasteiger partial charge in [-0.1, -0.05) is 6.92 Å². The zero-order valence-electron chi connectivity index (χ0n) is 10.5. The summed E-state index contributed by atoms with van der Waals surface area (Å²) in [5.74, 6) is 0.463. The molecule has 3 rings (SSSR count). The van der Waals surface area contributed by atoms with E-state index in [4.69, 9.17) is 10.2 Å². The van der Waals surface area contributed by atoms with E-state index in [9.17, 15) is 4.79 Å². The smallest absolute Gasteiger partial charge is 0.408 e. The summed E-state index contributed by atoms with van der Waals surface area (Å²) >= 11 is 0. The van der Waals surface area contributed by atoms with E-state index in [2.05, 4.69) is 16.9 Å².